The Morgan fingerprint density at radius 2 is 1.62 bits per heavy atom. The molecule has 0 unspecified atom stereocenters. The fraction of sp³-hybridized carbons (Fsp3) is 0.176. The molecule has 1 atom stereocenters. The molecule has 0 amide bonds. The minimum atomic E-state index is -0.190. The molecule has 0 aliphatic heterocycles. The summed E-state index contributed by atoms with van der Waals surface area (Å²) in [6.07, 6.45) is 0. The first-order chi connectivity index (χ1) is 10.2. The molecule has 0 fully saturated rings. The lowest BCUT2D eigenvalue weighted by atomic mass is 10.1. The van der Waals surface area contributed by atoms with Crippen LogP contribution >= 0.6 is 22.7 Å². The SMILES string of the molecule is C[C@H](NC(c1cccs1)c1cccs1)c1cccc(F)c1. The van der Waals surface area contributed by atoms with Crippen LogP contribution in [-0.2, 0) is 0 Å². The third-order valence-corrected chi connectivity index (χ3v) is 5.30. The summed E-state index contributed by atoms with van der Waals surface area (Å²) in [7, 11) is 0. The second-order valence-electron chi connectivity index (χ2n) is 4.91. The summed E-state index contributed by atoms with van der Waals surface area (Å²) in [4.78, 5) is 2.56. The van der Waals surface area contributed by atoms with E-state index in [4.69, 9.17) is 0 Å². The molecule has 0 saturated carbocycles. The van der Waals surface area contributed by atoms with Gasteiger partial charge in [-0.3, -0.25) is 5.32 Å². The van der Waals surface area contributed by atoms with E-state index in [1.54, 1.807) is 34.8 Å². The first-order valence-electron chi connectivity index (χ1n) is 6.82. The fourth-order valence-corrected chi connectivity index (χ4v) is 4.02. The van der Waals surface area contributed by atoms with Crippen molar-refractivity contribution >= 4 is 22.7 Å². The molecule has 1 N–H and O–H groups in total. The number of thiophene rings is 2. The van der Waals surface area contributed by atoms with Crippen LogP contribution in [0.15, 0.2) is 59.3 Å². The monoisotopic (exact) mass is 317 g/mol. The highest BCUT2D eigenvalue weighted by atomic mass is 32.1. The number of halogens is 1. The Morgan fingerprint density at radius 3 is 2.14 bits per heavy atom. The van der Waals surface area contributed by atoms with Crippen molar-refractivity contribution < 1.29 is 4.39 Å². The van der Waals surface area contributed by atoms with Gasteiger partial charge in [-0.1, -0.05) is 24.3 Å². The van der Waals surface area contributed by atoms with Crippen LogP contribution in [0.2, 0.25) is 0 Å². The van der Waals surface area contributed by atoms with E-state index in [-0.39, 0.29) is 17.9 Å². The van der Waals surface area contributed by atoms with E-state index in [0.717, 1.165) is 5.56 Å². The van der Waals surface area contributed by atoms with Crippen molar-refractivity contribution in [2.75, 3.05) is 0 Å². The van der Waals surface area contributed by atoms with E-state index in [9.17, 15) is 4.39 Å². The summed E-state index contributed by atoms with van der Waals surface area (Å²) in [6.45, 7) is 2.07. The number of hydrogen-bond donors (Lipinski definition) is 1. The average Bonchev–Trinajstić information content (AvgIpc) is 3.18. The molecule has 1 aromatic carbocycles. The summed E-state index contributed by atoms with van der Waals surface area (Å²) in [5.41, 5.74) is 0.966. The first-order valence-corrected chi connectivity index (χ1v) is 8.58. The van der Waals surface area contributed by atoms with Gasteiger partial charge < -0.3 is 0 Å². The van der Waals surface area contributed by atoms with Crippen LogP contribution in [0.25, 0.3) is 0 Å². The minimum Gasteiger partial charge on any atom is -0.298 e. The first kappa shape index (κ1) is 14.4. The molecule has 4 heteroatoms. The Bertz CT molecular complexity index is 642. The molecule has 1 nitrogen and oxygen atoms in total. The van der Waals surface area contributed by atoms with Crippen molar-refractivity contribution in [2.24, 2.45) is 0 Å². The molecule has 0 aliphatic rings. The Balaban J connectivity index is 1.85. The molecular formula is C17H16FNS2. The van der Waals surface area contributed by atoms with E-state index >= 15 is 0 Å². The summed E-state index contributed by atoms with van der Waals surface area (Å²) >= 11 is 3.48. The van der Waals surface area contributed by atoms with Gasteiger partial charge in [0.05, 0.1) is 6.04 Å². The largest absolute Gasteiger partial charge is 0.298 e. The molecule has 0 spiro atoms. The molecule has 108 valence electrons. The Kier molecular flexibility index (Phi) is 4.48. The topological polar surface area (TPSA) is 12.0 Å². The van der Waals surface area contributed by atoms with Gasteiger partial charge in [0, 0.05) is 15.8 Å². The van der Waals surface area contributed by atoms with Crippen LogP contribution in [-0.4, -0.2) is 0 Å². The fourth-order valence-electron chi connectivity index (χ4n) is 2.34. The molecule has 3 rings (SSSR count). The zero-order chi connectivity index (χ0) is 14.7. The Hall–Kier alpha value is -1.49. The van der Waals surface area contributed by atoms with E-state index < -0.39 is 0 Å². The van der Waals surface area contributed by atoms with Gasteiger partial charge in [-0.05, 0) is 47.5 Å². The maximum absolute atomic E-state index is 13.4. The molecule has 0 saturated heterocycles. The number of rotatable bonds is 5. The molecule has 3 aromatic rings. The zero-order valence-electron chi connectivity index (χ0n) is 11.6. The van der Waals surface area contributed by atoms with E-state index in [1.165, 1.54) is 15.8 Å². The van der Waals surface area contributed by atoms with Crippen molar-refractivity contribution in [1.29, 1.82) is 0 Å². The summed E-state index contributed by atoms with van der Waals surface area (Å²) in [5.74, 6) is -0.190. The lowest BCUT2D eigenvalue weighted by Crippen LogP contribution is -2.24. The highest BCUT2D eigenvalue weighted by Crippen LogP contribution is 2.31. The van der Waals surface area contributed by atoms with Gasteiger partial charge in [-0.25, -0.2) is 4.39 Å². The average molecular weight is 317 g/mol. The standard InChI is InChI=1S/C17H16FNS2/c1-12(13-5-2-6-14(18)11-13)19-17(15-7-3-9-20-15)16-8-4-10-21-16/h2-12,17,19H,1H3/t12-/m0/s1. The highest BCUT2D eigenvalue weighted by Gasteiger charge is 2.19. The predicted octanol–water partition coefficient (Wildman–Crippen LogP) is 5.39. The summed E-state index contributed by atoms with van der Waals surface area (Å²) < 4.78 is 13.4. The molecule has 0 bridgehead atoms. The van der Waals surface area contributed by atoms with E-state index in [0.29, 0.717) is 0 Å². The Labute approximate surface area is 132 Å². The van der Waals surface area contributed by atoms with Crippen LogP contribution < -0.4 is 5.32 Å². The van der Waals surface area contributed by atoms with E-state index in [1.807, 2.05) is 6.07 Å². The minimum absolute atomic E-state index is 0.0786. The van der Waals surface area contributed by atoms with Gasteiger partial charge in [0.25, 0.3) is 0 Å². The van der Waals surface area contributed by atoms with Crippen LogP contribution in [0, 0.1) is 5.82 Å². The zero-order valence-corrected chi connectivity index (χ0v) is 13.3. The maximum Gasteiger partial charge on any atom is 0.123 e. The molecular weight excluding hydrogens is 301 g/mol. The van der Waals surface area contributed by atoms with Crippen LogP contribution in [0.1, 0.15) is 34.3 Å². The van der Waals surface area contributed by atoms with Gasteiger partial charge >= 0.3 is 0 Å². The lowest BCUT2D eigenvalue weighted by Gasteiger charge is -2.22. The number of nitrogens with one attached hydrogen (secondary N) is 1. The Morgan fingerprint density at radius 1 is 0.952 bits per heavy atom. The quantitative estimate of drug-likeness (QED) is 0.665. The highest BCUT2D eigenvalue weighted by molar-refractivity contribution is 7.11. The van der Waals surface area contributed by atoms with Gasteiger partial charge in [0.1, 0.15) is 5.82 Å². The third kappa shape index (κ3) is 3.40. The van der Waals surface area contributed by atoms with Gasteiger partial charge in [0.2, 0.25) is 0 Å². The van der Waals surface area contributed by atoms with Gasteiger partial charge in [0.15, 0.2) is 0 Å². The maximum atomic E-state index is 13.4. The second kappa shape index (κ2) is 6.52. The van der Waals surface area contributed by atoms with Gasteiger partial charge in [-0.15, -0.1) is 22.7 Å². The third-order valence-electron chi connectivity index (χ3n) is 3.42. The normalized spacial score (nSPS) is 12.7. The molecule has 0 aliphatic carbocycles. The lowest BCUT2D eigenvalue weighted by molar-refractivity contribution is 0.522. The predicted molar refractivity (Wildman–Crippen MR) is 88.4 cm³/mol. The smallest absolute Gasteiger partial charge is 0.123 e. The van der Waals surface area contributed by atoms with Crippen molar-refractivity contribution in [1.82, 2.24) is 5.32 Å². The molecule has 2 aromatic heterocycles. The molecule has 0 radical (unpaired) electrons. The van der Waals surface area contributed by atoms with Crippen LogP contribution in [0.3, 0.4) is 0 Å². The summed E-state index contributed by atoms with van der Waals surface area (Å²) in [6, 6.07) is 15.4. The summed E-state index contributed by atoms with van der Waals surface area (Å²) in [5, 5.41) is 7.79. The van der Waals surface area contributed by atoms with Crippen molar-refractivity contribution in [2.45, 2.75) is 19.0 Å². The van der Waals surface area contributed by atoms with Gasteiger partial charge in [-0.2, -0.15) is 0 Å². The van der Waals surface area contributed by atoms with Crippen molar-refractivity contribution in [3.05, 3.63) is 80.4 Å². The number of benzene rings is 1. The molecule has 2 heterocycles. The second-order valence-corrected chi connectivity index (χ2v) is 6.87. The molecule has 21 heavy (non-hydrogen) atoms. The van der Waals surface area contributed by atoms with Crippen molar-refractivity contribution in [3.63, 3.8) is 0 Å². The number of hydrogen-bond acceptors (Lipinski definition) is 3. The van der Waals surface area contributed by atoms with Crippen molar-refractivity contribution in [3.8, 4) is 0 Å². The van der Waals surface area contributed by atoms with E-state index in [2.05, 4.69) is 47.3 Å². The van der Waals surface area contributed by atoms with Crippen LogP contribution in [0.5, 0.6) is 0 Å². The van der Waals surface area contributed by atoms with Crippen LogP contribution in [0.4, 0.5) is 4.39 Å².